The third-order valence-electron chi connectivity index (χ3n) is 5.51. The minimum atomic E-state index is -0.223. The van der Waals surface area contributed by atoms with E-state index in [-0.39, 0.29) is 5.91 Å². The van der Waals surface area contributed by atoms with Gasteiger partial charge in [-0.3, -0.25) is 9.69 Å². The van der Waals surface area contributed by atoms with Gasteiger partial charge in [0.1, 0.15) is 5.69 Å². The monoisotopic (exact) mass is 441 g/mol. The number of benzene rings is 2. The Balaban J connectivity index is 1.42. The number of nitrogens with zero attached hydrogens (tertiary/aromatic N) is 1. The summed E-state index contributed by atoms with van der Waals surface area (Å²) in [7, 11) is 0. The fourth-order valence-corrected chi connectivity index (χ4v) is 4.14. The van der Waals surface area contributed by atoms with Gasteiger partial charge in [-0.2, -0.15) is 0 Å². The third-order valence-corrected chi connectivity index (χ3v) is 5.74. The van der Waals surface area contributed by atoms with Crippen molar-refractivity contribution in [2.75, 3.05) is 44.8 Å². The van der Waals surface area contributed by atoms with E-state index in [1.165, 1.54) is 0 Å². The number of hydrogen-bond acceptors (Lipinski definition) is 5. The second kappa shape index (κ2) is 8.78. The molecule has 2 aromatic carbocycles. The van der Waals surface area contributed by atoms with Gasteiger partial charge in [0.2, 0.25) is 0 Å². The first kappa shape index (κ1) is 20.2. The molecule has 1 fully saturated rings. The lowest BCUT2D eigenvalue weighted by molar-refractivity contribution is 0.0338. The zero-order chi connectivity index (χ0) is 21.2. The van der Waals surface area contributed by atoms with Gasteiger partial charge in [-0.1, -0.05) is 11.6 Å². The summed E-state index contributed by atoms with van der Waals surface area (Å²) in [6.45, 7) is 5.09. The van der Waals surface area contributed by atoms with Gasteiger partial charge in [0, 0.05) is 59.3 Å². The summed E-state index contributed by atoms with van der Waals surface area (Å²) in [5.41, 5.74) is 3.01. The number of halogens is 1. The van der Waals surface area contributed by atoms with Crippen molar-refractivity contribution < 1.29 is 19.0 Å². The zero-order valence-electron chi connectivity index (χ0n) is 17.1. The number of ether oxygens (including phenoxy) is 3. The highest BCUT2D eigenvalue weighted by Gasteiger charge is 2.21. The highest BCUT2D eigenvalue weighted by atomic mass is 35.5. The number of carbonyl (C=O) groups excluding carboxylic acids is 1. The van der Waals surface area contributed by atoms with Crippen LogP contribution in [0.5, 0.6) is 11.5 Å². The number of amides is 1. The smallest absolute Gasteiger partial charge is 0.272 e. The van der Waals surface area contributed by atoms with Gasteiger partial charge < -0.3 is 24.5 Å². The third kappa shape index (κ3) is 4.49. The Labute approximate surface area is 185 Å². The summed E-state index contributed by atoms with van der Waals surface area (Å²) >= 11 is 6.06. The molecule has 1 amide bonds. The van der Waals surface area contributed by atoms with Gasteiger partial charge in [0.15, 0.2) is 11.5 Å². The van der Waals surface area contributed by atoms with Crippen molar-refractivity contribution in [2.45, 2.75) is 13.0 Å². The van der Waals surface area contributed by atoms with Crippen LogP contribution in [0.4, 0.5) is 5.69 Å². The predicted molar refractivity (Wildman–Crippen MR) is 119 cm³/mol. The number of aromatic nitrogens is 1. The standard InChI is InChI=1S/C23H24ClN3O4/c24-17-2-3-19-15(10-17)12-20(26-19)23(28)25-18-11-16(14-27-4-8-29-9-5-27)22-21(13-18)30-6-1-7-31-22/h2-3,10-13,26H,1,4-9,14H2,(H,25,28). The fourth-order valence-electron chi connectivity index (χ4n) is 3.96. The van der Waals surface area contributed by atoms with E-state index in [4.69, 9.17) is 25.8 Å². The van der Waals surface area contributed by atoms with Crippen LogP contribution in [0.2, 0.25) is 5.02 Å². The lowest BCUT2D eigenvalue weighted by Crippen LogP contribution is -2.35. The number of H-pyrrole nitrogens is 1. The van der Waals surface area contributed by atoms with Crippen molar-refractivity contribution in [1.82, 2.24) is 9.88 Å². The average molecular weight is 442 g/mol. The van der Waals surface area contributed by atoms with Gasteiger partial charge >= 0.3 is 0 Å². The van der Waals surface area contributed by atoms with E-state index in [1.54, 1.807) is 12.1 Å². The largest absolute Gasteiger partial charge is 0.489 e. The van der Waals surface area contributed by atoms with Crippen LogP contribution < -0.4 is 14.8 Å². The molecular weight excluding hydrogens is 418 g/mol. The van der Waals surface area contributed by atoms with Crippen molar-refractivity contribution >= 4 is 34.1 Å². The lowest BCUT2D eigenvalue weighted by Gasteiger charge is -2.27. The number of nitrogens with one attached hydrogen (secondary N) is 2. The number of rotatable bonds is 4. The maximum absolute atomic E-state index is 12.9. The maximum Gasteiger partial charge on any atom is 0.272 e. The zero-order valence-corrected chi connectivity index (χ0v) is 17.8. The Hall–Kier alpha value is -2.74. The molecule has 3 aromatic rings. The molecule has 5 rings (SSSR count). The average Bonchev–Trinajstić information content (AvgIpc) is 3.04. The summed E-state index contributed by atoms with van der Waals surface area (Å²) in [4.78, 5) is 18.4. The molecule has 3 heterocycles. The molecule has 0 atom stereocenters. The molecule has 2 aliphatic heterocycles. The molecule has 2 N–H and O–H groups in total. The summed E-state index contributed by atoms with van der Waals surface area (Å²) in [6.07, 6.45) is 0.824. The SMILES string of the molecule is O=C(Nc1cc(CN2CCOCC2)c2c(c1)OCCCO2)c1cc2cc(Cl)ccc2[nH]1. The molecule has 0 unspecified atom stereocenters. The molecule has 162 valence electrons. The van der Waals surface area contributed by atoms with E-state index in [0.29, 0.717) is 41.9 Å². The summed E-state index contributed by atoms with van der Waals surface area (Å²) in [5.74, 6) is 1.21. The molecule has 0 aliphatic carbocycles. The van der Waals surface area contributed by atoms with E-state index >= 15 is 0 Å². The Bertz CT molecular complexity index is 1110. The first-order valence-corrected chi connectivity index (χ1v) is 10.9. The van der Waals surface area contributed by atoms with Crippen LogP contribution in [-0.2, 0) is 11.3 Å². The van der Waals surface area contributed by atoms with Crippen LogP contribution in [-0.4, -0.2) is 55.3 Å². The van der Waals surface area contributed by atoms with Gasteiger partial charge in [-0.25, -0.2) is 0 Å². The number of morpholine rings is 1. The molecule has 2 aliphatic rings. The summed E-state index contributed by atoms with van der Waals surface area (Å²) in [6, 6.07) is 11.1. The highest BCUT2D eigenvalue weighted by molar-refractivity contribution is 6.31. The van der Waals surface area contributed by atoms with Gasteiger partial charge in [0.05, 0.1) is 26.4 Å². The predicted octanol–water partition coefficient (Wildman–Crippen LogP) is 4.07. The van der Waals surface area contributed by atoms with Gasteiger partial charge in [0.25, 0.3) is 5.91 Å². The number of anilines is 1. The molecule has 7 nitrogen and oxygen atoms in total. The molecule has 31 heavy (non-hydrogen) atoms. The van der Waals surface area contributed by atoms with E-state index < -0.39 is 0 Å². The van der Waals surface area contributed by atoms with Crippen molar-refractivity contribution in [2.24, 2.45) is 0 Å². The first-order valence-electron chi connectivity index (χ1n) is 10.5. The Morgan fingerprint density at radius 3 is 2.77 bits per heavy atom. The van der Waals surface area contributed by atoms with E-state index in [0.717, 1.165) is 54.9 Å². The molecule has 0 saturated carbocycles. The second-order valence-electron chi connectivity index (χ2n) is 7.77. The van der Waals surface area contributed by atoms with Crippen LogP contribution in [0.15, 0.2) is 36.4 Å². The molecule has 0 radical (unpaired) electrons. The normalized spacial score (nSPS) is 16.8. The topological polar surface area (TPSA) is 75.8 Å². The van der Waals surface area contributed by atoms with Crippen molar-refractivity contribution in [3.63, 3.8) is 0 Å². The highest BCUT2D eigenvalue weighted by Crippen LogP contribution is 2.37. The van der Waals surface area contributed by atoms with Crippen LogP contribution in [0.1, 0.15) is 22.5 Å². The molecule has 1 saturated heterocycles. The van der Waals surface area contributed by atoms with Crippen molar-refractivity contribution in [3.05, 3.63) is 52.7 Å². The number of fused-ring (bicyclic) bond motifs is 2. The minimum Gasteiger partial charge on any atom is -0.489 e. The quantitative estimate of drug-likeness (QED) is 0.638. The number of carbonyl (C=O) groups is 1. The van der Waals surface area contributed by atoms with Crippen LogP contribution in [0, 0.1) is 0 Å². The van der Waals surface area contributed by atoms with Crippen LogP contribution in [0.25, 0.3) is 10.9 Å². The molecule has 1 aromatic heterocycles. The molecule has 0 bridgehead atoms. The Morgan fingerprint density at radius 2 is 1.90 bits per heavy atom. The Kier molecular flexibility index (Phi) is 5.72. The molecular formula is C23H24ClN3O4. The van der Waals surface area contributed by atoms with Crippen molar-refractivity contribution in [3.8, 4) is 11.5 Å². The molecule has 0 spiro atoms. The number of aromatic amines is 1. The van der Waals surface area contributed by atoms with Crippen LogP contribution in [0.3, 0.4) is 0 Å². The second-order valence-corrected chi connectivity index (χ2v) is 8.21. The lowest BCUT2D eigenvalue weighted by atomic mass is 10.1. The maximum atomic E-state index is 12.9. The summed E-state index contributed by atoms with van der Waals surface area (Å²) in [5, 5.41) is 4.53. The number of hydrogen-bond donors (Lipinski definition) is 2. The van der Waals surface area contributed by atoms with E-state index in [2.05, 4.69) is 15.2 Å². The summed E-state index contributed by atoms with van der Waals surface area (Å²) < 4.78 is 17.4. The van der Waals surface area contributed by atoms with Gasteiger partial charge in [-0.15, -0.1) is 0 Å². The first-order chi connectivity index (χ1) is 15.2. The van der Waals surface area contributed by atoms with Crippen LogP contribution >= 0.6 is 11.6 Å². The van der Waals surface area contributed by atoms with Crippen molar-refractivity contribution in [1.29, 1.82) is 0 Å². The minimum absolute atomic E-state index is 0.223. The fraction of sp³-hybridized carbons (Fsp3) is 0.348. The van der Waals surface area contributed by atoms with E-state index in [9.17, 15) is 4.79 Å². The van der Waals surface area contributed by atoms with E-state index in [1.807, 2.05) is 24.3 Å². The molecule has 8 heteroatoms. The van der Waals surface area contributed by atoms with Gasteiger partial charge in [-0.05, 0) is 30.3 Å². The Morgan fingerprint density at radius 1 is 1.06 bits per heavy atom.